The van der Waals surface area contributed by atoms with Crippen LogP contribution in [0.2, 0.25) is 0 Å². The highest BCUT2D eigenvalue weighted by atomic mass is 16.5. The second-order valence-corrected chi connectivity index (χ2v) is 6.33. The van der Waals surface area contributed by atoms with Gasteiger partial charge >= 0.3 is 0 Å². The molecule has 0 N–H and O–H groups in total. The van der Waals surface area contributed by atoms with Crippen LogP contribution >= 0.6 is 0 Å². The summed E-state index contributed by atoms with van der Waals surface area (Å²) < 4.78 is 12.9. The number of ether oxygens (including phenoxy) is 1. The van der Waals surface area contributed by atoms with E-state index < -0.39 is 0 Å². The summed E-state index contributed by atoms with van der Waals surface area (Å²) in [6.07, 6.45) is 7.41. The summed E-state index contributed by atoms with van der Waals surface area (Å²) in [5.41, 5.74) is 1.19. The lowest BCUT2D eigenvalue weighted by atomic mass is 10.2. The largest absolute Gasteiger partial charge is 0.380 e. The Labute approximate surface area is 129 Å². The van der Waals surface area contributed by atoms with Gasteiger partial charge < -0.3 is 9.26 Å². The maximum Gasteiger partial charge on any atom is 0.244 e. The maximum atomic E-state index is 5.55. The van der Waals surface area contributed by atoms with E-state index in [4.69, 9.17) is 9.26 Å². The number of nitrogens with zero attached hydrogens (tertiary/aromatic N) is 5. The van der Waals surface area contributed by atoms with Crippen LogP contribution in [-0.2, 0) is 18.3 Å². The van der Waals surface area contributed by atoms with Gasteiger partial charge in [-0.1, -0.05) is 5.16 Å². The smallest absolute Gasteiger partial charge is 0.244 e. The minimum absolute atomic E-state index is 0.130. The van der Waals surface area contributed by atoms with Gasteiger partial charge in [-0.25, -0.2) is 0 Å². The number of rotatable bonds is 5. The average molecular weight is 303 g/mol. The Balaban J connectivity index is 1.53. The fourth-order valence-corrected chi connectivity index (χ4v) is 3.14. The van der Waals surface area contributed by atoms with Gasteiger partial charge in [0.2, 0.25) is 5.89 Å². The van der Waals surface area contributed by atoms with E-state index in [1.54, 1.807) is 7.11 Å². The van der Waals surface area contributed by atoms with Crippen molar-refractivity contribution in [1.29, 1.82) is 0 Å². The first-order valence-electron chi connectivity index (χ1n) is 7.81. The van der Waals surface area contributed by atoms with Gasteiger partial charge in [0.05, 0.1) is 18.3 Å². The third kappa shape index (κ3) is 2.66. The molecule has 0 unspecified atom stereocenters. The first-order valence-corrected chi connectivity index (χ1v) is 7.81. The number of aromatic nitrogens is 4. The highest BCUT2D eigenvalue weighted by Gasteiger charge is 2.38. The predicted molar refractivity (Wildman–Crippen MR) is 78.0 cm³/mol. The zero-order valence-electron chi connectivity index (χ0n) is 13.0. The first kappa shape index (κ1) is 13.9. The molecule has 7 nitrogen and oxygen atoms in total. The molecule has 2 aromatic rings. The van der Waals surface area contributed by atoms with E-state index in [1.807, 2.05) is 24.1 Å². The SMILES string of the molecule is CO[C@H]1C[C@H](c2nc(C3CC3)no2)N(Cc2cnn(C)c2)C1. The van der Waals surface area contributed by atoms with Gasteiger partial charge in [-0.15, -0.1) is 0 Å². The van der Waals surface area contributed by atoms with Crippen molar-refractivity contribution in [2.24, 2.45) is 7.05 Å². The molecule has 1 saturated carbocycles. The predicted octanol–water partition coefficient (Wildman–Crippen LogP) is 1.64. The van der Waals surface area contributed by atoms with Crippen molar-refractivity contribution in [2.45, 2.75) is 43.9 Å². The molecule has 0 amide bonds. The lowest BCUT2D eigenvalue weighted by Crippen LogP contribution is -2.24. The highest BCUT2D eigenvalue weighted by Crippen LogP contribution is 2.40. The summed E-state index contributed by atoms with van der Waals surface area (Å²) in [6, 6.07) is 0.130. The first-order chi connectivity index (χ1) is 10.7. The van der Waals surface area contributed by atoms with Gasteiger partial charge in [0.25, 0.3) is 0 Å². The number of hydrogen-bond donors (Lipinski definition) is 0. The van der Waals surface area contributed by atoms with Crippen LogP contribution in [-0.4, -0.2) is 44.6 Å². The van der Waals surface area contributed by atoms with Crippen molar-refractivity contribution in [3.05, 3.63) is 29.7 Å². The van der Waals surface area contributed by atoms with Crippen LogP contribution in [0, 0.1) is 0 Å². The quantitative estimate of drug-likeness (QED) is 0.836. The number of likely N-dealkylation sites (tertiary alicyclic amines) is 1. The number of aryl methyl sites for hydroxylation is 1. The number of methoxy groups -OCH3 is 1. The van der Waals surface area contributed by atoms with Crippen LogP contribution < -0.4 is 0 Å². The molecule has 2 aromatic heterocycles. The summed E-state index contributed by atoms with van der Waals surface area (Å²) in [5, 5.41) is 8.39. The molecule has 1 aliphatic heterocycles. The summed E-state index contributed by atoms with van der Waals surface area (Å²) in [4.78, 5) is 6.97. The molecule has 0 spiro atoms. The van der Waals surface area contributed by atoms with Crippen LogP contribution in [0.15, 0.2) is 16.9 Å². The Kier molecular flexibility index (Phi) is 3.46. The van der Waals surface area contributed by atoms with Crippen molar-refractivity contribution < 1.29 is 9.26 Å². The van der Waals surface area contributed by atoms with E-state index in [1.165, 1.54) is 18.4 Å². The van der Waals surface area contributed by atoms with Gasteiger partial charge in [0, 0.05) is 44.9 Å². The third-order valence-electron chi connectivity index (χ3n) is 4.53. The van der Waals surface area contributed by atoms with E-state index in [9.17, 15) is 0 Å². The Morgan fingerprint density at radius 3 is 2.95 bits per heavy atom. The molecule has 1 aliphatic carbocycles. The fourth-order valence-electron chi connectivity index (χ4n) is 3.14. The molecule has 4 rings (SSSR count). The summed E-state index contributed by atoms with van der Waals surface area (Å²) in [5.74, 6) is 2.12. The van der Waals surface area contributed by atoms with Crippen molar-refractivity contribution in [1.82, 2.24) is 24.8 Å². The van der Waals surface area contributed by atoms with Gasteiger partial charge in [-0.3, -0.25) is 9.58 Å². The Morgan fingerprint density at radius 1 is 1.41 bits per heavy atom. The molecular weight excluding hydrogens is 282 g/mol. The second kappa shape index (κ2) is 5.48. The molecule has 2 atom stereocenters. The standard InChI is InChI=1S/C15H21N5O2/c1-19-7-10(6-16-19)8-20-9-12(21-2)5-13(20)15-17-14(18-22-15)11-3-4-11/h6-7,11-13H,3-5,8-9H2,1-2H3/t12-,13+/m0/s1. The van der Waals surface area contributed by atoms with Crippen molar-refractivity contribution in [3.63, 3.8) is 0 Å². The molecule has 7 heteroatoms. The topological polar surface area (TPSA) is 69.2 Å². The molecule has 2 aliphatic rings. The van der Waals surface area contributed by atoms with Crippen LogP contribution in [0.25, 0.3) is 0 Å². The maximum absolute atomic E-state index is 5.55. The Bertz CT molecular complexity index is 648. The van der Waals surface area contributed by atoms with E-state index in [0.717, 1.165) is 31.2 Å². The molecule has 1 saturated heterocycles. The number of hydrogen-bond acceptors (Lipinski definition) is 6. The zero-order chi connectivity index (χ0) is 15.1. The van der Waals surface area contributed by atoms with Crippen LogP contribution in [0.1, 0.15) is 48.5 Å². The van der Waals surface area contributed by atoms with Gasteiger partial charge in [0.1, 0.15) is 0 Å². The molecule has 3 heterocycles. The fraction of sp³-hybridized carbons (Fsp3) is 0.667. The molecule has 118 valence electrons. The highest BCUT2D eigenvalue weighted by molar-refractivity contribution is 5.09. The molecule has 2 fully saturated rings. The van der Waals surface area contributed by atoms with Crippen molar-refractivity contribution in [2.75, 3.05) is 13.7 Å². The summed E-state index contributed by atoms with van der Waals surface area (Å²) in [6.45, 7) is 1.69. The molecule has 0 bridgehead atoms. The zero-order valence-corrected chi connectivity index (χ0v) is 13.0. The van der Waals surface area contributed by atoms with E-state index in [2.05, 4.69) is 20.1 Å². The normalized spacial score (nSPS) is 25.9. The Hall–Kier alpha value is -1.73. The van der Waals surface area contributed by atoms with E-state index in [-0.39, 0.29) is 12.1 Å². The monoisotopic (exact) mass is 303 g/mol. The third-order valence-corrected chi connectivity index (χ3v) is 4.53. The minimum atomic E-state index is 0.130. The average Bonchev–Trinajstić information content (AvgIpc) is 2.94. The summed E-state index contributed by atoms with van der Waals surface area (Å²) in [7, 11) is 3.70. The molecular formula is C15H21N5O2. The van der Waals surface area contributed by atoms with Crippen LogP contribution in [0.4, 0.5) is 0 Å². The second-order valence-electron chi connectivity index (χ2n) is 6.33. The van der Waals surface area contributed by atoms with E-state index in [0.29, 0.717) is 5.92 Å². The van der Waals surface area contributed by atoms with Crippen molar-refractivity contribution >= 4 is 0 Å². The molecule has 0 radical (unpaired) electrons. The lowest BCUT2D eigenvalue weighted by Gasteiger charge is -2.20. The van der Waals surface area contributed by atoms with Gasteiger partial charge in [0.15, 0.2) is 5.82 Å². The lowest BCUT2D eigenvalue weighted by molar-refractivity contribution is 0.107. The van der Waals surface area contributed by atoms with Gasteiger partial charge in [-0.2, -0.15) is 10.1 Å². The molecule has 22 heavy (non-hydrogen) atoms. The molecule has 0 aromatic carbocycles. The van der Waals surface area contributed by atoms with Crippen molar-refractivity contribution in [3.8, 4) is 0 Å². The van der Waals surface area contributed by atoms with Crippen LogP contribution in [0.5, 0.6) is 0 Å². The van der Waals surface area contributed by atoms with E-state index >= 15 is 0 Å². The van der Waals surface area contributed by atoms with Crippen LogP contribution in [0.3, 0.4) is 0 Å². The Morgan fingerprint density at radius 2 is 2.27 bits per heavy atom. The summed E-state index contributed by atoms with van der Waals surface area (Å²) >= 11 is 0. The minimum Gasteiger partial charge on any atom is -0.380 e. The van der Waals surface area contributed by atoms with Gasteiger partial charge in [-0.05, 0) is 19.3 Å².